The van der Waals surface area contributed by atoms with Crippen LogP contribution >= 0.6 is 11.3 Å². The lowest BCUT2D eigenvalue weighted by Gasteiger charge is -2.23. The van der Waals surface area contributed by atoms with E-state index in [1.165, 1.54) is 35.6 Å². The van der Waals surface area contributed by atoms with E-state index < -0.39 is 6.10 Å². The molecule has 0 fully saturated rings. The molecule has 0 aliphatic rings. The number of carbonyl (C=O) groups excluding carboxylic acids is 1. The molecule has 8 heteroatoms. The van der Waals surface area contributed by atoms with E-state index in [1.807, 2.05) is 24.4 Å². The topological polar surface area (TPSA) is 68.5 Å². The molecule has 0 aliphatic heterocycles. The van der Waals surface area contributed by atoms with Crippen molar-refractivity contribution < 1.29 is 18.4 Å². The molecular weight excluding hydrogens is 357 g/mol. The van der Waals surface area contributed by atoms with E-state index in [-0.39, 0.29) is 18.3 Å². The van der Waals surface area contributed by atoms with E-state index in [9.17, 15) is 9.18 Å². The van der Waals surface area contributed by atoms with Crippen molar-refractivity contribution in [3.8, 4) is 16.5 Å². The molecule has 3 aromatic rings. The van der Waals surface area contributed by atoms with Crippen LogP contribution < -0.4 is 4.74 Å². The third kappa shape index (κ3) is 4.26. The van der Waals surface area contributed by atoms with E-state index >= 15 is 0 Å². The van der Waals surface area contributed by atoms with Crippen molar-refractivity contribution in [1.29, 1.82) is 0 Å². The standard InChI is InChI=1S/C18H18FN3O3S/c1-3-22(11-16-20-17(21-25-16)15-5-4-10-26-15)18(23)12(2)24-14-8-6-13(19)7-9-14/h4-10,12H,3,11H2,1-2H3/t12-/m1/s1. The molecule has 6 nitrogen and oxygen atoms in total. The Morgan fingerprint density at radius 2 is 2.12 bits per heavy atom. The van der Waals surface area contributed by atoms with Crippen molar-refractivity contribution >= 4 is 17.2 Å². The zero-order valence-electron chi connectivity index (χ0n) is 14.4. The number of hydrogen-bond donors (Lipinski definition) is 0. The fraction of sp³-hybridized carbons (Fsp3) is 0.278. The van der Waals surface area contributed by atoms with E-state index in [0.717, 1.165) is 4.88 Å². The first-order valence-electron chi connectivity index (χ1n) is 8.14. The molecule has 0 unspecified atom stereocenters. The average molecular weight is 375 g/mol. The van der Waals surface area contributed by atoms with Crippen LogP contribution in [0.4, 0.5) is 4.39 Å². The van der Waals surface area contributed by atoms with Gasteiger partial charge in [0.1, 0.15) is 18.1 Å². The van der Waals surface area contributed by atoms with E-state index in [1.54, 1.807) is 11.8 Å². The van der Waals surface area contributed by atoms with Gasteiger partial charge in [0.2, 0.25) is 11.7 Å². The Balaban J connectivity index is 1.64. The molecule has 0 saturated carbocycles. The minimum Gasteiger partial charge on any atom is -0.481 e. The van der Waals surface area contributed by atoms with Gasteiger partial charge < -0.3 is 14.2 Å². The summed E-state index contributed by atoms with van der Waals surface area (Å²) < 4.78 is 23.8. The Kier molecular flexibility index (Phi) is 5.62. The van der Waals surface area contributed by atoms with Gasteiger partial charge in [-0.1, -0.05) is 11.2 Å². The zero-order valence-corrected chi connectivity index (χ0v) is 15.2. The van der Waals surface area contributed by atoms with Crippen LogP contribution in [0.15, 0.2) is 46.3 Å². The molecule has 0 radical (unpaired) electrons. The second kappa shape index (κ2) is 8.09. The lowest BCUT2D eigenvalue weighted by Crippen LogP contribution is -2.40. The summed E-state index contributed by atoms with van der Waals surface area (Å²) in [5.41, 5.74) is 0. The normalized spacial score (nSPS) is 12.0. The average Bonchev–Trinajstić information content (AvgIpc) is 3.32. The zero-order chi connectivity index (χ0) is 18.5. The Morgan fingerprint density at radius 1 is 1.35 bits per heavy atom. The maximum absolute atomic E-state index is 13.0. The van der Waals surface area contributed by atoms with Gasteiger partial charge in [0.05, 0.1) is 4.88 Å². The van der Waals surface area contributed by atoms with E-state index in [4.69, 9.17) is 9.26 Å². The minimum atomic E-state index is -0.722. The number of aromatic nitrogens is 2. The molecule has 0 saturated heterocycles. The van der Waals surface area contributed by atoms with Crippen LogP contribution in [0.5, 0.6) is 5.75 Å². The van der Waals surface area contributed by atoms with Gasteiger partial charge in [-0.3, -0.25) is 4.79 Å². The molecule has 26 heavy (non-hydrogen) atoms. The number of carbonyl (C=O) groups is 1. The number of halogens is 1. The highest BCUT2D eigenvalue weighted by molar-refractivity contribution is 7.13. The molecule has 0 spiro atoms. The maximum atomic E-state index is 13.0. The summed E-state index contributed by atoms with van der Waals surface area (Å²) in [6.45, 7) is 4.18. The highest BCUT2D eigenvalue weighted by Crippen LogP contribution is 2.22. The van der Waals surface area contributed by atoms with Gasteiger partial charge in [0.25, 0.3) is 5.91 Å². The molecule has 0 bridgehead atoms. The Labute approximate surface area is 154 Å². The maximum Gasteiger partial charge on any atom is 0.263 e. The van der Waals surface area contributed by atoms with Gasteiger partial charge in [-0.15, -0.1) is 11.3 Å². The van der Waals surface area contributed by atoms with Gasteiger partial charge in [0, 0.05) is 6.54 Å². The second-order valence-electron chi connectivity index (χ2n) is 5.56. The number of likely N-dealkylation sites (N-methyl/N-ethyl adjacent to an activating group) is 1. The van der Waals surface area contributed by atoms with Crippen molar-refractivity contribution in [3.63, 3.8) is 0 Å². The van der Waals surface area contributed by atoms with Crippen molar-refractivity contribution in [2.24, 2.45) is 0 Å². The van der Waals surface area contributed by atoms with Crippen LogP contribution in [-0.2, 0) is 11.3 Å². The summed E-state index contributed by atoms with van der Waals surface area (Å²) >= 11 is 1.52. The minimum absolute atomic E-state index is 0.199. The Hall–Kier alpha value is -2.74. The van der Waals surface area contributed by atoms with Crippen LogP contribution in [0.25, 0.3) is 10.7 Å². The monoisotopic (exact) mass is 375 g/mol. The van der Waals surface area contributed by atoms with Crippen molar-refractivity contribution in [1.82, 2.24) is 15.0 Å². The number of ether oxygens (including phenoxy) is 1. The van der Waals surface area contributed by atoms with Crippen LogP contribution in [-0.4, -0.2) is 33.6 Å². The van der Waals surface area contributed by atoms with E-state index in [2.05, 4.69) is 10.1 Å². The lowest BCUT2D eigenvalue weighted by atomic mass is 10.3. The van der Waals surface area contributed by atoms with E-state index in [0.29, 0.717) is 24.0 Å². The fourth-order valence-electron chi connectivity index (χ4n) is 2.36. The molecule has 2 heterocycles. The van der Waals surface area contributed by atoms with Crippen LogP contribution in [0.3, 0.4) is 0 Å². The van der Waals surface area contributed by atoms with Gasteiger partial charge in [-0.2, -0.15) is 4.98 Å². The number of rotatable bonds is 7. The Morgan fingerprint density at radius 3 is 2.77 bits per heavy atom. The fourth-order valence-corrected chi connectivity index (χ4v) is 3.01. The molecule has 0 N–H and O–H groups in total. The van der Waals surface area contributed by atoms with Gasteiger partial charge in [-0.25, -0.2) is 4.39 Å². The third-order valence-corrected chi connectivity index (χ3v) is 4.57. The highest BCUT2D eigenvalue weighted by Gasteiger charge is 2.23. The predicted molar refractivity (Wildman–Crippen MR) is 95.2 cm³/mol. The first-order valence-corrected chi connectivity index (χ1v) is 9.02. The lowest BCUT2D eigenvalue weighted by molar-refractivity contribution is -0.138. The summed E-state index contributed by atoms with van der Waals surface area (Å²) in [6, 6.07) is 9.36. The van der Waals surface area contributed by atoms with Gasteiger partial charge in [-0.05, 0) is 49.6 Å². The predicted octanol–water partition coefficient (Wildman–Crippen LogP) is 3.75. The number of amides is 1. The van der Waals surface area contributed by atoms with Crippen molar-refractivity contribution in [2.75, 3.05) is 6.54 Å². The number of thiophene rings is 1. The molecular formula is C18H18FN3O3S. The molecule has 136 valence electrons. The summed E-state index contributed by atoms with van der Waals surface area (Å²) in [5, 5.41) is 5.88. The van der Waals surface area contributed by atoms with Gasteiger partial charge in [0.15, 0.2) is 6.10 Å². The summed E-state index contributed by atoms with van der Waals surface area (Å²) in [5.74, 6) is 0.727. The molecule has 1 atom stereocenters. The number of nitrogens with zero attached hydrogens (tertiary/aromatic N) is 3. The molecule has 0 aliphatic carbocycles. The summed E-state index contributed by atoms with van der Waals surface area (Å²) in [6.07, 6.45) is -0.722. The van der Waals surface area contributed by atoms with Crippen molar-refractivity contribution in [3.05, 3.63) is 53.5 Å². The first-order chi connectivity index (χ1) is 12.6. The van der Waals surface area contributed by atoms with Crippen LogP contribution in [0.2, 0.25) is 0 Å². The smallest absolute Gasteiger partial charge is 0.263 e. The van der Waals surface area contributed by atoms with Crippen LogP contribution in [0, 0.1) is 5.82 Å². The molecule has 1 aromatic carbocycles. The largest absolute Gasteiger partial charge is 0.481 e. The summed E-state index contributed by atoms with van der Waals surface area (Å²) in [7, 11) is 0. The quantitative estimate of drug-likeness (QED) is 0.629. The van der Waals surface area contributed by atoms with Gasteiger partial charge >= 0.3 is 0 Å². The number of benzene rings is 1. The highest BCUT2D eigenvalue weighted by atomic mass is 32.1. The SMILES string of the molecule is CCN(Cc1nc(-c2cccs2)no1)C(=O)[C@@H](C)Oc1ccc(F)cc1. The number of hydrogen-bond acceptors (Lipinski definition) is 6. The second-order valence-corrected chi connectivity index (χ2v) is 6.50. The third-order valence-electron chi connectivity index (χ3n) is 3.70. The Bertz CT molecular complexity index is 849. The van der Waals surface area contributed by atoms with Crippen molar-refractivity contribution in [2.45, 2.75) is 26.5 Å². The first kappa shape index (κ1) is 18.1. The molecule has 1 amide bonds. The molecule has 3 rings (SSSR count). The summed E-state index contributed by atoms with van der Waals surface area (Å²) in [4.78, 5) is 19.4. The molecule has 2 aromatic heterocycles. The van der Waals surface area contributed by atoms with Crippen LogP contribution in [0.1, 0.15) is 19.7 Å².